The van der Waals surface area contributed by atoms with Gasteiger partial charge in [-0.2, -0.15) is 0 Å². The van der Waals surface area contributed by atoms with Gasteiger partial charge in [-0.1, -0.05) is 6.92 Å². The summed E-state index contributed by atoms with van der Waals surface area (Å²) in [4.78, 5) is 10.8. The van der Waals surface area contributed by atoms with Crippen LogP contribution in [-0.2, 0) is 9.53 Å². The molecule has 0 amide bonds. The van der Waals surface area contributed by atoms with Gasteiger partial charge in [-0.05, 0) is 37.0 Å². The predicted octanol–water partition coefficient (Wildman–Crippen LogP) is 1.98. The highest BCUT2D eigenvalue weighted by Gasteiger charge is 2.46. The molecule has 2 aliphatic rings. The molecule has 0 saturated heterocycles. The average Bonchev–Trinajstić information content (AvgIpc) is 2.53. The van der Waals surface area contributed by atoms with Crippen molar-refractivity contribution in [3.05, 3.63) is 0 Å². The first-order chi connectivity index (χ1) is 5.68. The minimum Gasteiger partial charge on any atom is -0.462 e. The van der Waals surface area contributed by atoms with Gasteiger partial charge < -0.3 is 4.74 Å². The van der Waals surface area contributed by atoms with Crippen LogP contribution < -0.4 is 0 Å². The van der Waals surface area contributed by atoms with Crippen molar-refractivity contribution in [3.63, 3.8) is 0 Å². The molecule has 2 bridgehead atoms. The van der Waals surface area contributed by atoms with Crippen LogP contribution in [0.1, 0.15) is 33.1 Å². The third-order valence-corrected chi connectivity index (χ3v) is 3.54. The molecule has 68 valence electrons. The first kappa shape index (κ1) is 8.09. The van der Waals surface area contributed by atoms with Gasteiger partial charge in [0.1, 0.15) is 6.10 Å². The van der Waals surface area contributed by atoms with Gasteiger partial charge in [0.05, 0.1) is 0 Å². The number of carbonyl (C=O) groups excluding carboxylic acids is 1. The summed E-state index contributed by atoms with van der Waals surface area (Å²) in [6, 6.07) is 0. The molecule has 12 heavy (non-hydrogen) atoms. The van der Waals surface area contributed by atoms with Gasteiger partial charge >= 0.3 is 5.97 Å². The normalized spacial score (nSPS) is 44.8. The highest BCUT2D eigenvalue weighted by atomic mass is 16.5. The largest absolute Gasteiger partial charge is 0.462 e. The molecule has 0 heterocycles. The van der Waals surface area contributed by atoms with Crippen molar-refractivity contribution < 1.29 is 9.53 Å². The summed E-state index contributed by atoms with van der Waals surface area (Å²) >= 11 is 0. The number of rotatable bonds is 1. The maximum atomic E-state index is 10.8. The lowest BCUT2D eigenvalue weighted by atomic mass is 9.88. The quantitative estimate of drug-likeness (QED) is 0.560. The molecule has 0 aromatic heterocycles. The van der Waals surface area contributed by atoms with Crippen LogP contribution in [0.25, 0.3) is 0 Å². The Morgan fingerprint density at radius 2 is 2.00 bits per heavy atom. The van der Waals surface area contributed by atoms with E-state index in [1.807, 2.05) is 0 Å². The van der Waals surface area contributed by atoms with E-state index >= 15 is 0 Å². The zero-order valence-electron chi connectivity index (χ0n) is 7.75. The molecule has 0 spiro atoms. The Balaban J connectivity index is 2.02. The van der Waals surface area contributed by atoms with Crippen LogP contribution in [0.15, 0.2) is 0 Å². The maximum absolute atomic E-state index is 10.8. The molecule has 0 radical (unpaired) electrons. The van der Waals surface area contributed by atoms with E-state index in [1.54, 1.807) is 0 Å². The highest BCUT2D eigenvalue weighted by Crippen LogP contribution is 2.49. The summed E-state index contributed by atoms with van der Waals surface area (Å²) in [5.41, 5.74) is 0. The molecule has 2 aliphatic carbocycles. The van der Waals surface area contributed by atoms with E-state index in [-0.39, 0.29) is 12.1 Å². The molecule has 0 N–H and O–H groups in total. The molecular formula is C10H16O2. The van der Waals surface area contributed by atoms with Crippen LogP contribution in [0.4, 0.5) is 0 Å². The summed E-state index contributed by atoms with van der Waals surface area (Å²) in [6.07, 6.45) is 4.15. The number of fused-ring (bicyclic) bond motifs is 2. The third-order valence-electron chi connectivity index (χ3n) is 3.54. The molecule has 4 unspecified atom stereocenters. The lowest BCUT2D eigenvalue weighted by molar-refractivity contribution is -0.151. The Kier molecular flexibility index (Phi) is 1.85. The first-order valence-corrected chi connectivity index (χ1v) is 4.85. The minimum absolute atomic E-state index is 0.112. The lowest BCUT2D eigenvalue weighted by Gasteiger charge is -2.27. The van der Waals surface area contributed by atoms with Crippen molar-refractivity contribution >= 4 is 5.97 Å². The van der Waals surface area contributed by atoms with Gasteiger partial charge in [0, 0.05) is 6.92 Å². The van der Waals surface area contributed by atoms with E-state index < -0.39 is 0 Å². The number of hydrogen-bond acceptors (Lipinski definition) is 2. The highest BCUT2D eigenvalue weighted by molar-refractivity contribution is 5.66. The van der Waals surface area contributed by atoms with Gasteiger partial charge in [-0.25, -0.2) is 0 Å². The van der Waals surface area contributed by atoms with Crippen LogP contribution in [-0.4, -0.2) is 12.1 Å². The van der Waals surface area contributed by atoms with Crippen molar-refractivity contribution in [2.75, 3.05) is 0 Å². The second kappa shape index (κ2) is 2.75. The van der Waals surface area contributed by atoms with Gasteiger partial charge in [0.25, 0.3) is 0 Å². The molecule has 0 aromatic rings. The molecule has 2 rings (SSSR count). The SMILES string of the molecule is CC(=O)OC1C2CCC(C2)C1C. The van der Waals surface area contributed by atoms with Crippen LogP contribution >= 0.6 is 0 Å². The summed E-state index contributed by atoms with van der Waals surface area (Å²) in [6.45, 7) is 3.73. The van der Waals surface area contributed by atoms with Crippen LogP contribution in [0, 0.1) is 17.8 Å². The van der Waals surface area contributed by atoms with Crippen molar-refractivity contribution in [1.29, 1.82) is 0 Å². The Labute approximate surface area is 73.3 Å². The summed E-state index contributed by atoms with van der Waals surface area (Å²) < 4.78 is 5.32. The molecule has 0 aromatic carbocycles. The van der Waals surface area contributed by atoms with Gasteiger partial charge in [0.15, 0.2) is 0 Å². The van der Waals surface area contributed by atoms with Gasteiger partial charge in [0.2, 0.25) is 0 Å². The number of hydrogen-bond donors (Lipinski definition) is 0. The van der Waals surface area contributed by atoms with Gasteiger partial charge in [-0.3, -0.25) is 4.79 Å². The van der Waals surface area contributed by atoms with Crippen molar-refractivity contribution in [2.24, 2.45) is 17.8 Å². The zero-order valence-corrected chi connectivity index (χ0v) is 7.75. The smallest absolute Gasteiger partial charge is 0.302 e. The van der Waals surface area contributed by atoms with E-state index in [0.717, 1.165) is 5.92 Å². The second-order valence-corrected chi connectivity index (χ2v) is 4.27. The van der Waals surface area contributed by atoms with E-state index in [2.05, 4.69) is 6.92 Å². The number of carbonyl (C=O) groups is 1. The fourth-order valence-corrected chi connectivity index (χ4v) is 2.92. The van der Waals surface area contributed by atoms with Crippen molar-refractivity contribution in [1.82, 2.24) is 0 Å². The topological polar surface area (TPSA) is 26.3 Å². The zero-order chi connectivity index (χ0) is 8.72. The summed E-state index contributed by atoms with van der Waals surface area (Å²) in [7, 11) is 0. The Morgan fingerprint density at radius 3 is 2.50 bits per heavy atom. The third kappa shape index (κ3) is 1.13. The molecule has 0 aliphatic heterocycles. The van der Waals surface area contributed by atoms with E-state index in [4.69, 9.17) is 4.74 Å². The Hall–Kier alpha value is -0.530. The molecule has 2 saturated carbocycles. The maximum Gasteiger partial charge on any atom is 0.302 e. The predicted molar refractivity (Wildman–Crippen MR) is 45.5 cm³/mol. The molecular weight excluding hydrogens is 152 g/mol. The first-order valence-electron chi connectivity index (χ1n) is 4.85. The number of esters is 1. The standard InChI is InChI=1S/C10H16O2/c1-6-8-3-4-9(5-8)10(6)12-7(2)11/h6,8-10H,3-5H2,1-2H3. The summed E-state index contributed by atoms with van der Waals surface area (Å²) in [5, 5.41) is 0. The molecule has 4 atom stereocenters. The molecule has 2 heteroatoms. The Bertz CT molecular complexity index is 198. The monoisotopic (exact) mass is 168 g/mol. The van der Waals surface area contributed by atoms with Crippen LogP contribution in [0.2, 0.25) is 0 Å². The van der Waals surface area contributed by atoms with Crippen LogP contribution in [0.3, 0.4) is 0 Å². The van der Waals surface area contributed by atoms with Gasteiger partial charge in [-0.15, -0.1) is 0 Å². The second-order valence-electron chi connectivity index (χ2n) is 4.27. The molecule has 2 nitrogen and oxygen atoms in total. The summed E-state index contributed by atoms with van der Waals surface area (Å²) in [5.74, 6) is 2.00. The average molecular weight is 168 g/mol. The lowest BCUT2D eigenvalue weighted by Crippen LogP contribution is -2.29. The van der Waals surface area contributed by atoms with E-state index in [0.29, 0.717) is 11.8 Å². The fourth-order valence-electron chi connectivity index (χ4n) is 2.92. The van der Waals surface area contributed by atoms with E-state index in [1.165, 1.54) is 26.2 Å². The van der Waals surface area contributed by atoms with Crippen molar-refractivity contribution in [3.8, 4) is 0 Å². The van der Waals surface area contributed by atoms with E-state index in [9.17, 15) is 4.79 Å². The Morgan fingerprint density at radius 1 is 1.33 bits per heavy atom. The minimum atomic E-state index is -0.112. The van der Waals surface area contributed by atoms with Crippen LogP contribution in [0.5, 0.6) is 0 Å². The fraction of sp³-hybridized carbons (Fsp3) is 0.900. The van der Waals surface area contributed by atoms with Crippen molar-refractivity contribution in [2.45, 2.75) is 39.2 Å². The number of ether oxygens (including phenoxy) is 1. The molecule has 2 fully saturated rings.